The van der Waals surface area contributed by atoms with Gasteiger partial charge in [0.2, 0.25) is 0 Å². The van der Waals surface area contributed by atoms with Gasteiger partial charge in [0.1, 0.15) is 16.7 Å². The van der Waals surface area contributed by atoms with Crippen LogP contribution in [0.3, 0.4) is 0 Å². The van der Waals surface area contributed by atoms with Crippen LogP contribution in [0.2, 0.25) is 0 Å². The van der Waals surface area contributed by atoms with Gasteiger partial charge in [0.25, 0.3) is 5.91 Å². The van der Waals surface area contributed by atoms with Crippen molar-refractivity contribution >= 4 is 24.5 Å². The minimum Gasteiger partial charge on any atom is -0.286 e. The molecule has 0 radical (unpaired) electrons. The van der Waals surface area contributed by atoms with Crippen LogP contribution in [0.25, 0.3) is 0 Å². The van der Waals surface area contributed by atoms with E-state index in [2.05, 4.69) is 4.99 Å². The molecule has 0 bridgehead atoms. The van der Waals surface area contributed by atoms with E-state index in [-0.39, 0.29) is 5.91 Å². The van der Waals surface area contributed by atoms with Gasteiger partial charge >= 0.3 is 0 Å². The number of carbonyl (C=O) groups is 1. The lowest BCUT2D eigenvalue weighted by Gasteiger charge is -1.96. The van der Waals surface area contributed by atoms with Crippen LogP contribution in [0.5, 0.6) is 0 Å². The lowest BCUT2D eigenvalue weighted by atomic mass is 10.3. The Morgan fingerprint density at radius 2 is 2.27 bits per heavy atom. The summed E-state index contributed by atoms with van der Waals surface area (Å²) >= 11 is 4.95. The first-order valence-electron chi connectivity index (χ1n) is 3.09. The smallest absolute Gasteiger partial charge is 0.286 e. The summed E-state index contributed by atoms with van der Waals surface area (Å²) in [5.41, 5.74) is 0.539. The van der Waals surface area contributed by atoms with E-state index in [4.69, 9.17) is 12.2 Å². The summed E-state index contributed by atoms with van der Waals surface area (Å²) in [6.45, 7) is 0. The van der Waals surface area contributed by atoms with E-state index in [0.29, 0.717) is 10.3 Å². The number of hydrogen-bond acceptors (Lipinski definition) is 2. The lowest BCUT2D eigenvalue weighted by Crippen LogP contribution is -2.01. The second kappa shape index (κ2) is 2.10. The molecule has 2 rings (SSSR count). The SMILES string of the molecule is O=C1N=Cn2c1cccc2=S. The minimum absolute atomic E-state index is 0.225. The van der Waals surface area contributed by atoms with Crippen molar-refractivity contribution in [1.82, 2.24) is 4.57 Å². The Hall–Kier alpha value is -1.29. The zero-order chi connectivity index (χ0) is 7.84. The number of rotatable bonds is 0. The topological polar surface area (TPSA) is 34.4 Å². The standard InChI is InChI=1S/C7H4N2OS/c10-7-5-2-1-3-6(11)9(5)4-8-7/h1-4H. The van der Waals surface area contributed by atoms with Crippen molar-refractivity contribution in [1.29, 1.82) is 0 Å². The average molecular weight is 164 g/mol. The highest BCUT2D eigenvalue weighted by atomic mass is 32.1. The molecular formula is C7H4N2OS. The molecule has 0 unspecified atom stereocenters. The molecule has 0 fully saturated rings. The summed E-state index contributed by atoms with van der Waals surface area (Å²) in [7, 11) is 0. The molecule has 1 aliphatic heterocycles. The molecule has 1 aliphatic rings. The second-order valence-electron chi connectivity index (χ2n) is 2.17. The van der Waals surface area contributed by atoms with Crippen LogP contribution in [0.15, 0.2) is 23.2 Å². The quantitative estimate of drug-likeness (QED) is 0.541. The Morgan fingerprint density at radius 3 is 3.00 bits per heavy atom. The molecule has 0 N–H and O–H groups in total. The molecule has 3 nitrogen and oxygen atoms in total. The first-order valence-corrected chi connectivity index (χ1v) is 3.50. The van der Waals surface area contributed by atoms with Crippen LogP contribution in [-0.2, 0) is 0 Å². The Kier molecular flexibility index (Phi) is 1.22. The van der Waals surface area contributed by atoms with E-state index in [0.717, 1.165) is 0 Å². The number of amides is 1. The molecule has 1 amide bonds. The van der Waals surface area contributed by atoms with Gasteiger partial charge in [-0.3, -0.25) is 9.36 Å². The lowest BCUT2D eigenvalue weighted by molar-refractivity contribution is 0.100. The van der Waals surface area contributed by atoms with Crippen molar-refractivity contribution < 1.29 is 4.79 Å². The minimum atomic E-state index is -0.225. The van der Waals surface area contributed by atoms with Gasteiger partial charge in [0.15, 0.2) is 0 Å². The van der Waals surface area contributed by atoms with Crippen LogP contribution in [0, 0.1) is 4.64 Å². The van der Waals surface area contributed by atoms with Gasteiger partial charge in [-0.15, -0.1) is 0 Å². The van der Waals surface area contributed by atoms with Crippen molar-refractivity contribution in [2.24, 2.45) is 4.99 Å². The van der Waals surface area contributed by atoms with E-state index in [1.54, 1.807) is 22.8 Å². The second-order valence-corrected chi connectivity index (χ2v) is 2.59. The molecule has 0 saturated heterocycles. The zero-order valence-electron chi connectivity index (χ0n) is 5.52. The Labute approximate surface area is 68.0 Å². The van der Waals surface area contributed by atoms with Crippen LogP contribution in [0.4, 0.5) is 0 Å². The van der Waals surface area contributed by atoms with Crippen molar-refractivity contribution in [2.45, 2.75) is 0 Å². The van der Waals surface area contributed by atoms with Crippen molar-refractivity contribution in [2.75, 3.05) is 0 Å². The van der Waals surface area contributed by atoms with E-state index >= 15 is 0 Å². The first-order chi connectivity index (χ1) is 5.29. The summed E-state index contributed by atoms with van der Waals surface area (Å²) < 4.78 is 2.20. The third-order valence-electron chi connectivity index (χ3n) is 1.50. The molecule has 4 heteroatoms. The predicted octanol–water partition coefficient (Wildman–Crippen LogP) is 1.25. The maximum absolute atomic E-state index is 11.0. The molecule has 0 saturated carbocycles. The monoisotopic (exact) mass is 164 g/mol. The van der Waals surface area contributed by atoms with Crippen LogP contribution >= 0.6 is 12.2 Å². The highest BCUT2D eigenvalue weighted by molar-refractivity contribution is 7.71. The molecule has 2 heterocycles. The molecule has 11 heavy (non-hydrogen) atoms. The highest BCUT2D eigenvalue weighted by Gasteiger charge is 2.12. The van der Waals surface area contributed by atoms with E-state index < -0.39 is 0 Å². The third-order valence-corrected chi connectivity index (χ3v) is 1.83. The fourth-order valence-corrected chi connectivity index (χ4v) is 1.19. The molecule has 54 valence electrons. The number of aliphatic imine (C=N–C) groups is 1. The zero-order valence-corrected chi connectivity index (χ0v) is 6.34. The van der Waals surface area contributed by atoms with Gasteiger partial charge in [-0.25, -0.2) is 0 Å². The number of hydrogen-bond donors (Lipinski definition) is 0. The van der Waals surface area contributed by atoms with E-state index in [1.807, 2.05) is 0 Å². The summed E-state index contributed by atoms with van der Waals surface area (Å²) in [5, 5.41) is 0. The number of pyridine rings is 1. The van der Waals surface area contributed by atoms with Gasteiger partial charge in [0.05, 0.1) is 0 Å². The number of fused-ring (bicyclic) bond motifs is 1. The Morgan fingerprint density at radius 1 is 1.45 bits per heavy atom. The molecule has 1 aromatic heterocycles. The largest absolute Gasteiger partial charge is 0.295 e. The first kappa shape index (κ1) is 6.42. The van der Waals surface area contributed by atoms with Gasteiger partial charge in [-0.05, 0) is 12.1 Å². The van der Waals surface area contributed by atoms with Crippen molar-refractivity contribution in [3.05, 3.63) is 28.5 Å². The van der Waals surface area contributed by atoms with Crippen molar-refractivity contribution in [3.8, 4) is 0 Å². The van der Waals surface area contributed by atoms with E-state index in [9.17, 15) is 4.79 Å². The number of carbonyl (C=O) groups excluding carboxylic acids is 1. The maximum atomic E-state index is 11.0. The summed E-state index contributed by atoms with van der Waals surface area (Å²) in [6.07, 6.45) is 1.44. The molecule has 0 atom stereocenters. The van der Waals surface area contributed by atoms with Gasteiger partial charge in [-0.2, -0.15) is 4.99 Å². The molecular weight excluding hydrogens is 160 g/mol. The third kappa shape index (κ3) is 0.832. The average Bonchev–Trinajstić information content (AvgIpc) is 2.35. The fourth-order valence-electron chi connectivity index (χ4n) is 0.971. The van der Waals surface area contributed by atoms with Gasteiger partial charge in [0, 0.05) is 0 Å². The Balaban J connectivity index is 2.84. The van der Waals surface area contributed by atoms with Crippen molar-refractivity contribution in [3.63, 3.8) is 0 Å². The molecule has 0 aromatic carbocycles. The van der Waals surface area contributed by atoms with E-state index in [1.165, 1.54) is 6.34 Å². The van der Waals surface area contributed by atoms with Gasteiger partial charge < -0.3 is 0 Å². The highest BCUT2D eigenvalue weighted by Crippen LogP contribution is 2.06. The fraction of sp³-hybridized carbons (Fsp3) is 0. The summed E-state index contributed by atoms with van der Waals surface area (Å²) in [4.78, 5) is 14.6. The summed E-state index contributed by atoms with van der Waals surface area (Å²) in [5.74, 6) is -0.225. The van der Waals surface area contributed by atoms with Crippen LogP contribution in [0.1, 0.15) is 10.5 Å². The van der Waals surface area contributed by atoms with Crippen LogP contribution in [-0.4, -0.2) is 16.8 Å². The molecule has 0 spiro atoms. The molecule has 1 aromatic rings. The van der Waals surface area contributed by atoms with Crippen LogP contribution < -0.4 is 0 Å². The van der Waals surface area contributed by atoms with Gasteiger partial charge in [-0.1, -0.05) is 18.3 Å². The maximum Gasteiger partial charge on any atom is 0.295 e. The predicted molar refractivity (Wildman–Crippen MR) is 43.5 cm³/mol. The number of nitrogens with zero attached hydrogens (tertiary/aromatic N) is 2. The Bertz CT molecular complexity index is 405. The summed E-state index contributed by atoms with van der Waals surface area (Å²) in [6, 6.07) is 5.20. The molecule has 0 aliphatic carbocycles. The normalized spacial score (nSPS) is 13.6. The number of aromatic nitrogens is 1.